The maximum absolute atomic E-state index is 12.0. The second kappa shape index (κ2) is 5.65. The van der Waals surface area contributed by atoms with Gasteiger partial charge in [0, 0.05) is 29.5 Å². The molecule has 0 atom stereocenters. The van der Waals surface area contributed by atoms with Crippen LogP contribution in [0.1, 0.15) is 21.5 Å². The zero-order chi connectivity index (χ0) is 13.0. The summed E-state index contributed by atoms with van der Waals surface area (Å²) in [5.74, 6) is -0.116. The van der Waals surface area contributed by atoms with Crippen molar-refractivity contribution >= 4 is 17.5 Å². The van der Waals surface area contributed by atoms with E-state index in [9.17, 15) is 4.79 Å². The number of carbonyl (C=O) groups excluding carboxylic acids is 1. The Bertz CT molecular complexity index is 569. The fourth-order valence-corrected chi connectivity index (χ4v) is 1.84. The Morgan fingerprint density at radius 1 is 1.33 bits per heavy atom. The third-order valence-corrected chi connectivity index (χ3v) is 3.03. The molecule has 1 heterocycles. The van der Waals surface area contributed by atoms with Gasteiger partial charge in [0.25, 0.3) is 5.91 Å². The Morgan fingerprint density at radius 2 is 2.11 bits per heavy atom. The van der Waals surface area contributed by atoms with Crippen LogP contribution in [0.2, 0.25) is 5.02 Å². The van der Waals surface area contributed by atoms with E-state index in [2.05, 4.69) is 10.3 Å². The number of nitrogens with zero attached hydrogens (tertiary/aromatic N) is 1. The van der Waals surface area contributed by atoms with Gasteiger partial charge >= 0.3 is 0 Å². The highest BCUT2D eigenvalue weighted by Gasteiger charge is 2.08. The lowest BCUT2D eigenvalue weighted by Gasteiger charge is -2.08. The van der Waals surface area contributed by atoms with Crippen LogP contribution in [0.15, 0.2) is 42.7 Å². The highest BCUT2D eigenvalue weighted by molar-refractivity contribution is 6.31. The van der Waals surface area contributed by atoms with Crippen LogP contribution >= 0.6 is 11.6 Å². The number of amides is 1. The lowest BCUT2D eigenvalue weighted by Crippen LogP contribution is -2.23. The molecule has 0 unspecified atom stereocenters. The number of pyridine rings is 1. The molecule has 18 heavy (non-hydrogen) atoms. The number of aromatic nitrogens is 1. The number of halogens is 1. The molecule has 0 aliphatic heterocycles. The minimum atomic E-state index is -0.116. The molecule has 0 bridgehead atoms. The topological polar surface area (TPSA) is 42.0 Å². The predicted molar refractivity (Wildman–Crippen MR) is 71.6 cm³/mol. The first-order chi connectivity index (χ1) is 8.68. The normalized spacial score (nSPS) is 10.1. The first-order valence-corrected chi connectivity index (χ1v) is 5.98. The SMILES string of the molecule is Cc1cnccc1C(=O)NCc1ccccc1Cl. The summed E-state index contributed by atoms with van der Waals surface area (Å²) < 4.78 is 0. The van der Waals surface area contributed by atoms with Gasteiger partial charge in [-0.1, -0.05) is 29.8 Å². The van der Waals surface area contributed by atoms with E-state index in [1.807, 2.05) is 25.1 Å². The van der Waals surface area contributed by atoms with E-state index in [0.717, 1.165) is 11.1 Å². The molecule has 1 aromatic carbocycles. The minimum absolute atomic E-state index is 0.116. The molecule has 2 aromatic rings. The van der Waals surface area contributed by atoms with Crippen LogP contribution in [0.5, 0.6) is 0 Å². The van der Waals surface area contributed by atoms with E-state index in [-0.39, 0.29) is 5.91 Å². The number of hydrogen-bond donors (Lipinski definition) is 1. The highest BCUT2D eigenvalue weighted by Crippen LogP contribution is 2.14. The molecule has 0 saturated carbocycles. The summed E-state index contributed by atoms with van der Waals surface area (Å²) >= 11 is 6.02. The Balaban J connectivity index is 2.06. The first kappa shape index (κ1) is 12.6. The summed E-state index contributed by atoms with van der Waals surface area (Å²) in [6.45, 7) is 2.28. The van der Waals surface area contributed by atoms with E-state index in [4.69, 9.17) is 11.6 Å². The monoisotopic (exact) mass is 260 g/mol. The third-order valence-electron chi connectivity index (χ3n) is 2.66. The van der Waals surface area contributed by atoms with Crippen molar-refractivity contribution < 1.29 is 4.79 Å². The zero-order valence-corrected chi connectivity index (χ0v) is 10.7. The maximum Gasteiger partial charge on any atom is 0.251 e. The third kappa shape index (κ3) is 2.87. The van der Waals surface area contributed by atoms with Gasteiger partial charge in [-0.3, -0.25) is 9.78 Å². The number of nitrogens with one attached hydrogen (secondary N) is 1. The van der Waals surface area contributed by atoms with E-state index in [1.165, 1.54) is 0 Å². The highest BCUT2D eigenvalue weighted by atomic mass is 35.5. The summed E-state index contributed by atoms with van der Waals surface area (Å²) in [7, 11) is 0. The molecule has 0 aliphatic rings. The number of hydrogen-bond acceptors (Lipinski definition) is 2. The lowest BCUT2D eigenvalue weighted by atomic mass is 10.1. The second-order valence-corrected chi connectivity index (χ2v) is 4.37. The quantitative estimate of drug-likeness (QED) is 0.922. The number of aryl methyl sites for hydroxylation is 1. The van der Waals surface area contributed by atoms with Gasteiger partial charge < -0.3 is 5.32 Å². The van der Waals surface area contributed by atoms with Crippen LogP contribution in [-0.2, 0) is 6.54 Å². The van der Waals surface area contributed by atoms with E-state index in [1.54, 1.807) is 24.5 Å². The summed E-state index contributed by atoms with van der Waals surface area (Å²) in [6.07, 6.45) is 3.28. The smallest absolute Gasteiger partial charge is 0.251 e. The summed E-state index contributed by atoms with van der Waals surface area (Å²) in [5.41, 5.74) is 2.39. The van der Waals surface area contributed by atoms with Crippen molar-refractivity contribution in [2.24, 2.45) is 0 Å². The molecule has 4 heteroatoms. The van der Waals surface area contributed by atoms with Gasteiger partial charge in [0.15, 0.2) is 0 Å². The fraction of sp³-hybridized carbons (Fsp3) is 0.143. The predicted octanol–water partition coefficient (Wildman–Crippen LogP) is 2.97. The second-order valence-electron chi connectivity index (χ2n) is 3.96. The Hall–Kier alpha value is -1.87. The van der Waals surface area contributed by atoms with Crippen LogP contribution < -0.4 is 5.32 Å². The van der Waals surface area contributed by atoms with Gasteiger partial charge in [-0.15, -0.1) is 0 Å². The van der Waals surface area contributed by atoms with Crippen LogP contribution in [0, 0.1) is 6.92 Å². The van der Waals surface area contributed by atoms with E-state index in [0.29, 0.717) is 17.1 Å². The van der Waals surface area contributed by atoms with Gasteiger partial charge in [0.1, 0.15) is 0 Å². The molecule has 3 nitrogen and oxygen atoms in total. The number of carbonyl (C=O) groups is 1. The lowest BCUT2D eigenvalue weighted by molar-refractivity contribution is 0.0950. The van der Waals surface area contributed by atoms with Gasteiger partial charge in [-0.2, -0.15) is 0 Å². The molecule has 92 valence electrons. The molecule has 0 fully saturated rings. The fourth-order valence-electron chi connectivity index (χ4n) is 1.64. The van der Waals surface area contributed by atoms with E-state index < -0.39 is 0 Å². The van der Waals surface area contributed by atoms with Crippen LogP contribution in [0.4, 0.5) is 0 Å². The molecule has 0 aliphatic carbocycles. The Morgan fingerprint density at radius 3 is 2.83 bits per heavy atom. The molecular weight excluding hydrogens is 248 g/mol. The Labute approximate surface area is 111 Å². The molecule has 1 N–H and O–H groups in total. The van der Waals surface area contributed by atoms with Crippen LogP contribution in [0.25, 0.3) is 0 Å². The summed E-state index contributed by atoms with van der Waals surface area (Å²) in [6, 6.07) is 9.16. The number of benzene rings is 1. The summed E-state index contributed by atoms with van der Waals surface area (Å²) in [5, 5.41) is 3.50. The minimum Gasteiger partial charge on any atom is -0.348 e. The van der Waals surface area contributed by atoms with Crippen LogP contribution in [0.3, 0.4) is 0 Å². The Kier molecular flexibility index (Phi) is 3.95. The van der Waals surface area contributed by atoms with Gasteiger partial charge in [-0.25, -0.2) is 0 Å². The zero-order valence-electron chi connectivity index (χ0n) is 9.98. The molecule has 1 amide bonds. The van der Waals surface area contributed by atoms with Crippen molar-refractivity contribution in [2.75, 3.05) is 0 Å². The van der Waals surface area contributed by atoms with Gasteiger partial charge in [0.2, 0.25) is 0 Å². The average molecular weight is 261 g/mol. The molecule has 2 rings (SSSR count). The van der Waals surface area contributed by atoms with Gasteiger partial charge in [0.05, 0.1) is 0 Å². The van der Waals surface area contributed by atoms with Crippen molar-refractivity contribution in [3.8, 4) is 0 Å². The molecule has 0 radical (unpaired) electrons. The molecular formula is C14H13ClN2O. The molecule has 0 saturated heterocycles. The average Bonchev–Trinajstić information content (AvgIpc) is 2.38. The maximum atomic E-state index is 12.0. The van der Waals surface area contributed by atoms with E-state index >= 15 is 0 Å². The van der Waals surface area contributed by atoms with Gasteiger partial charge in [-0.05, 0) is 30.2 Å². The number of rotatable bonds is 3. The summed E-state index contributed by atoms with van der Waals surface area (Å²) in [4.78, 5) is 15.9. The largest absolute Gasteiger partial charge is 0.348 e. The molecule has 0 spiro atoms. The van der Waals surface area contributed by atoms with Crippen molar-refractivity contribution in [3.63, 3.8) is 0 Å². The van der Waals surface area contributed by atoms with Crippen LogP contribution in [-0.4, -0.2) is 10.9 Å². The van der Waals surface area contributed by atoms with Crippen molar-refractivity contribution in [3.05, 3.63) is 64.4 Å². The first-order valence-electron chi connectivity index (χ1n) is 5.60. The van der Waals surface area contributed by atoms with Crippen molar-refractivity contribution in [1.82, 2.24) is 10.3 Å². The van der Waals surface area contributed by atoms with Crippen molar-refractivity contribution in [2.45, 2.75) is 13.5 Å². The van der Waals surface area contributed by atoms with Crippen molar-refractivity contribution in [1.29, 1.82) is 0 Å². The standard InChI is InChI=1S/C14H13ClN2O/c1-10-8-16-7-6-12(10)14(18)17-9-11-4-2-3-5-13(11)15/h2-8H,9H2,1H3,(H,17,18). The molecule has 1 aromatic heterocycles.